The molecule has 20 heavy (non-hydrogen) atoms. The van der Waals surface area contributed by atoms with E-state index in [1.54, 1.807) is 0 Å². The number of hydrogen-bond acceptors (Lipinski definition) is 3. The van der Waals surface area contributed by atoms with Crippen molar-refractivity contribution in [2.45, 2.75) is 26.4 Å². The molecular weight excluding hydrogens is 246 g/mol. The predicted octanol–water partition coefficient (Wildman–Crippen LogP) is 2.58. The second-order valence-corrected chi connectivity index (χ2v) is 6.40. The molecule has 0 radical (unpaired) electrons. The third kappa shape index (κ3) is 3.20. The second kappa shape index (κ2) is 6.39. The minimum Gasteiger partial charge on any atom is -0.305 e. The minimum absolute atomic E-state index is 0.615. The van der Waals surface area contributed by atoms with Crippen LogP contribution < -0.4 is 0 Å². The Bertz CT molecular complexity index is 471. The lowest BCUT2D eigenvalue weighted by Gasteiger charge is -2.27. The van der Waals surface area contributed by atoms with Crippen LogP contribution in [0.5, 0.6) is 0 Å². The van der Waals surface area contributed by atoms with Gasteiger partial charge in [-0.1, -0.05) is 32.0 Å². The normalized spacial score (nSPS) is 23.4. The SMILES string of the molecule is CC(C)[C@@H]1CN(Cc2ccccc2C#N)C[C@H]1N(C)C. The molecular formula is C17H25N3. The van der Waals surface area contributed by atoms with Crippen molar-refractivity contribution in [3.05, 3.63) is 35.4 Å². The molecule has 1 saturated heterocycles. The van der Waals surface area contributed by atoms with Gasteiger partial charge >= 0.3 is 0 Å². The van der Waals surface area contributed by atoms with Crippen LogP contribution in [0.4, 0.5) is 0 Å². The molecule has 0 aliphatic carbocycles. The summed E-state index contributed by atoms with van der Waals surface area (Å²) in [4.78, 5) is 4.84. The van der Waals surface area contributed by atoms with Crippen LogP contribution in [0.25, 0.3) is 0 Å². The summed E-state index contributed by atoms with van der Waals surface area (Å²) in [6, 6.07) is 10.9. The molecule has 1 aliphatic heterocycles. The summed E-state index contributed by atoms with van der Waals surface area (Å²) < 4.78 is 0. The molecule has 3 nitrogen and oxygen atoms in total. The lowest BCUT2D eigenvalue weighted by molar-refractivity contribution is 0.215. The van der Waals surface area contributed by atoms with E-state index in [1.165, 1.54) is 0 Å². The summed E-state index contributed by atoms with van der Waals surface area (Å²) in [5.74, 6) is 1.40. The Morgan fingerprint density at radius 2 is 2.00 bits per heavy atom. The van der Waals surface area contributed by atoms with Crippen molar-refractivity contribution in [3.63, 3.8) is 0 Å². The zero-order valence-electron chi connectivity index (χ0n) is 13.0. The van der Waals surface area contributed by atoms with Gasteiger partial charge in [0.25, 0.3) is 0 Å². The van der Waals surface area contributed by atoms with Gasteiger partial charge < -0.3 is 4.90 Å². The first-order valence-electron chi connectivity index (χ1n) is 7.39. The van der Waals surface area contributed by atoms with Crippen molar-refractivity contribution in [2.24, 2.45) is 11.8 Å². The van der Waals surface area contributed by atoms with E-state index in [1.807, 2.05) is 18.2 Å². The summed E-state index contributed by atoms with van der Waals surface area (Å²) in [6.45, 7) is 7.73. The molecule has 2 rings (SSSR count). The topological polar surface area (TPSA) is 30.3 Å². The van der Waals surface area contributed by atoms with Gasteiger partial charge in [-0.2, -0.15) is 5.26 Å². The molecule has 1 aromatic rings. The van der Waals surface area contributed by atoms with Crippen molar-refractivity contribution in [1.82, 2.24) is 9.80 Å². The largest absolute Gasteiger partial charge is 0.305 e. The maximum absolute atomic E-state index is 9.20. The van der Waals surface area contributed by atoms with Crippen molar-refractivity contribution in [1.29, 1.82) is 5.26 Å². The third-order valence-electron chi connectivity index (χ3n) is 4.46. The summed E-state index contributed by atoms with van der Waals surface area (Å²) in [7, 11) is 4.35. The molecule has 0 aromatic heterocycles. The lowest BCUT2D eigenvalue weighted by Crippen LogP contribution is -2.37. The highest BCUT2D eigenvalue weighted by Gasteiger charge is 2.35. The maximum atomic E-state index is 9.20. The highest BCUT2D eigenvalue weighted by molar-refractivity contribution is 5.37. The Balaban J connectivity index is 2.10. The van der Waals surface area contributed by atoms with Gasteiger partial charge in [-0.05, 0) is 37.6 Å². The average molecular weight is 271 g/mol. The van der Waals surface area contributed by atoms with Crippen molar-refractivity contribution in [2.75, 3.05) is 27.2 Å². The van der Waals surface area contributed by atoms with E-state index < -0.39 is 0 Å². The van der Waals surface area contributed by atoms with E-state index in [-0.39, 0.29) is 0 Å². The highest BCUT2D eigenvalue weighted by Crippen LogP contribution is 2.28. The number of nitrogens with zero attached hydrogens (tertiary/aromatic N) is 3. The Hall–Kier alpha value is -1.37. The van der Waals surface area contributed by atoms with Gasteiger partial charge in [-0.15, -0.1) is 0 Å². The number of benzene rings is 1. The van der Waals surface area contributed by atoms with Gasteiger partial charge in [0.1, 0.15) is 0 Å². The molecule has 0 saturated carbocycles. The third-order valence-corrected chi connectivity index (χ3v) is 4.46. The standard InChI is InChI=1S/C17H25N3/c1-13(2)16-11-20(12-17(16)19(3)4)10-15-8-6-5-7-14(15)9-18/h5-8,13,16-17H,10-12H2,1-4H3/t16-,17+/m0/s1. The van der Waals surface area contributed by atoms with Gasteiger partial charge in [0.05, 0.1) is 11.6 Å². The molecule has 0 unspecified atom stereocenters. The summed E-state index contributed by atoms with van der Waals surface area (Å²) in [6.07, 6.45) is 0. The zero-order valence-corrected chi connectivity index (χ0v) is 13.0. The van der Waals surface area contributed by atoms with E-state index in [4.69, 9.17) is 0 Å². The van der Waals surface area contributed by atoms with Gasteiger partial charge in [0.15, 0.2) is 0 Å². The summed E-state index contributed by atoms with van der Waals surface area (Å²) in [5, 5.41) is 9.20. The van der Waals surface area contributed by atoms with E-state index >= 15 is 0 Å². The Morgan fingerprint density at radius 3 is 2.55 bits per heavy atom. The Kier molecular flexibility index (Phi) is 4.80. The summed E-state index contributed by atoms with van der Waals surface area (Å²) >= 11 is 0. The van der Waals surface area contributed by atoms with Crippen LogP contribution in [0.1, 0.15) is 25.0 Å². The molecule has 1 fully saturated rings. The lowest BCUT2D eigenvalue weighted by atomic mass is 9.91. The molecule has 3 heteroatoms. The quantitative estimate of drug-likeness (QED) is 0.843. The number of hydrogen-bond donors (Lipinski definition) is 0. The molecule has 1 heterocycles. The maximum Gasteiger partial charge on any atom is 0.0995 e. The number of likely N-dealkylation sites (N-methyl/N-ethyl adjacent to an activating group) is 1. The Morgan fingerprint density at radius 1 is 1.30 bits per heavy atom. The smallest absolute Gasteiger partial charge is 0.0995 e. The monoisotopic (exact) mass is 271 g/mol. The summed E-state index contributed by atoms with van der Waals surface area (Å²) in [5.41, 5.74) is 1.96. The molecule has 1 aromatic carbocycles. The van der Waals surface area contributed by atoms with Gasteiger partial charge in [0, 0.05) is 25.7 Å². The first kappa shape index (κ1) is 15.0. The van der Waals surface area contributed by atoms with Crippen molar-refractivity contribution < 1.29 is 0 Å². The van der Waals surface area contributed by atoms with E-state index in [2.05, 4.69) is 49.9 Å². The van der Waals surface area contributed by atoms with E-state index in [0.29, 0.717) is 17.9 Å². The predicted molar refractivity (Wildman–Crippen MR) is 82.2 cm³/mol. The molecule has 0 amide bonds. The number of nitriles is 1. The highest BCUT2D eigenvalue weighted by atomic mass is 15.2. The number of rotatable bonds is 4. The molecule has 0 bridgehead atoms. The molecule has 0 spiro atoms. The molecule has 1 aliphatic rings. The fourth-order valence-corrected chi connectivity index (χ4v) is 3.23. The molecule has 2 atom stereocenters. The fourth-order valence-electron chi connectivity index (χ4n) is 3.23. The van der Waals surface area contributed by atoms with Crippen LogP contribution in [0.2, 0.25) is 0 Å². The Labute approximate surface area is 122 Å². The van der Waals surface area contributed by atoms with Crippen LogP contribution >= 0.6 is 0 Å². The zero-order chi connectivity index (χ0) is 14.7. The fraction of sp³-hybridized carbons (Fsp3) is 0.588. The van der Waals surface area contributed by atoms with E-state index in [0.717, 1.165) is 30.8 Å². The van der Waals surface area contributed by atoms with Crippen molar-refractivity contribution in [3.8, 4) is 6.07 Å². The van der Waals surface area contributed by atoms with Crippen LogP contribution in [-0.2, 0) is 6.54 Å². The van der Waals surface area contributed by atoms with Gasteiger partial charge in [-0.25, -0.2) is 0 Å². The van der Waals surface area contributed by atoms with Crippen LogP contribution in [0, 0.1) is 23.2 Å². The van der Waals surface area contributed by atoms with Crippen LogP contribution in [0.15, 0.2) is 24.3 Å². The first-order valence-corrected chi connectivity index (χ1v) is 7.39. The second-order valence-electron chi connectivity index (χ2n) is 6.40. The van der Waals surface area contributed by atoms with Crippen LogP contribution in [-0.4, -0.2) is 43.0 Å². The number of likely N-dealkylation sites (tertiary alicyclic amines) is 1. The van der Waals surface area contributed by atoms with Crippen LogP contribution in [0.3, 0.4) is 0 Å². The van der Waals surface area contributed by atoms with Gasteiger partial charge in [0.2, 0.25) is 0 Å². The molecule has 0 N–H and O–H groups in total. The van der Waals surface area contributed by atoms with Crippen molar-refractivity contribution >= 4 is 0 Å². The first-order chi connectivity index (χ1) is 9.52. The minimum atomic E-state index is 0.615. The molecule has 108 valence electrons. The average Bonchev–Trinajstić information content (AvgIpc) is 2.84. The van der Waals surface area contributed by atoms with E-state index in [9.17, 15) is 5.26 Å². The van der Waals surface area contributed by atoms with Gasteiger partial charge in [-0.3, -0.25) is 4.90 Å².